The lowest BCUT2D eigenvalue weighted by atomic mass is 10.1. The predicted molar refractivity (Wildman–Crippen MR) is 57.6 cm³/mol. The van der Waals surface area contributed by atoms with Crippen LogP contribution in [0.4, 0.5) is 0 Å². The number of carbonyl (C=O) groups excluding carboxylic acids is 1. The van der Waals surface area contributed by atoms with Crippen molar-refractivity contribution in [3.8, 4) is 0 Å². The van der Waals surface area contributed by atoms with Gasteiger partial charge in [-0.1, -0.05) is 0 Å². The van der Waals surface area contributed by atoms with Crippen LogP contribution >= 0.6 is 0 Å². The van der Waals surface area contributed by atoms with Gasteiger partial charge < -0.3 is 15.4 Å². The molecule has 0 aromatic carbocycles. The average molecular weight is 212 g/mol. The Morgan fingerprint density at radius 3 is 2.93 bits per heavy atom. The highest BCUT2D eigenvalue weighted by Crippen LogP contribution is 2.15. The summed E-state index contributed by atoms with van der Waals surface area (Å²) in [5, 5.41) is 6.24. The highest BCUT2D eigenvalue weighted by molar-refractivity contribution is 5.82. The summed E-state index contributed by atoms with van der Waals surface area (Å²) in [6.07, 6.45) is 4.47. The molecule has 2 aliphatic rings. The normalized spacial score (nSPS) is 32.9. The quantitative estimate of drug-likeness (QED) is 0.713. The van der Waals surface area contributed by atoms with Gasteiger partial charge >= 0.3 is 0 Å². The third kappa shape index (κ3) is 2.69. The fraction of sp³-hybridized carbons (Fsp3) is 0.909. The molecule has 3 atom stereocenters. The standard InChI is InChI=1S/C11H20N2O2/c1-8(10-5-3-7-15-10)13-11(14)9-4-2-6-12-9/h8-10,12H,2-7H2,1H3,(H,13,14)/t8?,9-,10?/m1/s1. The molecule has 0 aliphatic carbocycles. The Bertz CT molecular complexity index is 221. The van der Waals surface area contributed by atoms with Crippen LogP contribution in [0, 0.1) is 0 Å². The van der Waals surface area contributed by atoms with Crippen LogP contribution in [0.25, 0.3) is 0 Å². The SMILES string of the molecule is CC(NC(=O)[C@H]1CCCN1)C1CCCO1. The third-order valence-electron chi connectivity index (χ3n) is 3.27. The number of amides is 1. The second-order valence-electron chi connectivity index (χ2n) is 4.50. The maximum atomic E-state index is 11.8. The first-order chi connectivity index (χ1) is 7.27. The van der Waals surface area contributed by atoms with Crippen molar-refractivity contribution < 1.29 is 9.53 Å². The van der Waals surface area contributed by atoms with Crippen molar-refractivity contribution in [2.75, 3.05) is 13.2 Å². The van der Waals surface area contributed by atoms with Crippen LogP contribution in [-0.4, -0.2) is 37.2 Å². The van der Waals surface area contributed by atoms with Crippen molar-refractivity contribution >= 4 is 5.91 Å². The number of nitrogens with one attached hydrogen (secondary N) is 2. The summed E-state index contributed by atoms with van der Waals surface area (Å²) in [6, 6.07) is 0.163. The van der Waals surface area contributed by atoms with Crippen LogP contribution in [0.1, 0.15) is 32.6 Å². The van der Waals surface area contributed by atoms with Gasteiger partial charge in [-0.05, 0) is 39.2 Å². The van der Waals surface area contributed by atoms with Gasteiger partial charge in [0.15, 0.2) is 0 Å². The molecule has 2 heterocycles. The molecule has 0 radical (unpaired) electrons. The van der Waals surface area contributed by atoms with Gasteiger partial charge in [-0.2, -0.15) is 0 Å². The maximum absolute atomic E-state index is 11.8. The summed E-state index contributed by atoms with van der Waals surface area (Å²) in [5.41, 5.74) is 0. The molecule has 4 nitrogen and oxygen atoms in total. The Morgan fingerprint density at radius 1 is 1.47 bits per heavy atom. The summed E-state index contributed by atoms with van der Waals surface area (Å²) in [4.78, 5) is 11.8. The zero-order chi connectivity index (χ0) is 10.7. The molecule has 1 amide bonds. The van der Waals surface area contributed by atoms with E-state index < -0.39 is 0 Å². The first kappa shape index (κ1) is 10.9. The molecule has 2 saturated heterocycles. The number of hydrogen-bond acceptors (Lipinski definition) is 3. The van der Waals surface area contributed by atoms with Crippen molar-refractivity contribution in [3.63, 3.8) is 0 Å². The number of ether oxygens (including phenoxy) is 1. The van der Waals surface area contributed by atoms with Gasteiger partial charge in [-0.15, -0.1) is 0 Å². The molecule has 0 aromatic heterocycles. The molecule has 86 valence electrons. The largest absolute Gasteiger partial charge is 0.376 e. The fourth-order valence-corrected chi connectivity index (χ4v) is 2.32. The number of carbonyl (C=O) groups is 1. The van der Waals surface area contributed by atoms with Crippen LogP contribution < -0.4 is 10.6 Å². The van der Waals surface area contributed by atoms with E-state index in [-0.39, 0.29) is 24.1 Å². The first-order valence-corrected chi connectivity index (χ1v) is 5.93. The Kier molecular flexibility index (Phi) is 3.59. The number of hydrogen-bond donors (Lipinski definition) is 2. The van der Waals surface area contributed by atoms with Crippen molar-refractivity contribution in [2.45, 2.75) is 50.8 Å². The smallest absolute Gasteiger partial charge is 0.237 e. The molecule has 0 spiro atoms. The van der Waals surface area contributed by atoms with E-state index in [9.17, 15) is 4.79 Å². The zero-order valence-electron chi connectivity index (χ0n) is 9.29. The van der Waals surface area contributed by atoms with Gasteiger partial charge in [0.25, 0.3) is 0 Å². The van der Waals surface area contributed by atoms with Crippen LogP contribution in [0.2, 0.25) is 0 Å². The Balaban J connectivity index is 1.77. The first-order valence-electron chi connectivity index (χ1n) is 5.93. The molecule has 2 fully saturated rings. The van der Waals surface area contributed by atoms with E-state index >= 15 is 0 Å². The Hall–Kier alpha value is -0.610. The maximum Gasteiger partial charge on any atom is 0.237 e. The molecule has 0 aromatic rings. The van der Waals surface area contributed by atoms with Gasteiger partial charge in [0.1, 0.15) is 0 Å². The van der Waals surface area contributed by atoms with Gasteiger partial charge in [-0.25, -0.2) is 0 Å². The summed E-state index contributed by atoms with van der Waals surface area (Å²) in [5.74, 6) is 0.135. The predicted octanol–water partition coefficient (Wildman–Crippen LogP) is 0.422. The van der Waals surface area contributed by atoms with Crippen molar-refractivity contribution in [2.24, 2.45) is 0 Å². The van der Waals surface area contributed by atoms with E-state index in [0.29, 0.717) is 0 Å². The minimum atomic E-state index is 0.0221. The molecule has 2 unspecified atom stereocenters. The average Bonchev–Trinajstić information content (AvgIpc) is 2.91. The van der Waals surface area contributed by atoms with Crippen molar-refractivity contribution in [1.82, 2.24) is 10.6 Å². The van der Waals surface area contributed by atoms with Gasteiger partial charge in [0.2, 0.25) is 5.91 Å². The molecule has 2 N–H and O–H groups in total. The van der Waals surface area contributed by atoms with Gasteiger partial charge in [0, 0.05) is 6.61 Å². The fourth-order valence-electron chi connectivity index (χ4n) is 2.32. The monoisotopic (exact) mass is 212 g/mol. The Morgan fingerprint density at radius 2 is 2.33 bits per heavy atom. The van der Waals surface area contributed by atoms with E-state index in [1.54, 1.807) is 0 Å². The van der Waals surface area contributed by atoms with Crippen molar-refractivity contribution in [1.29, 1.82) is 0 Å². The lowest BCUT2D eigenvalue weighted by Gasteiger charge is -2.21. The van der Waals surface area contributed by atoms with Crippen LogP contribution in [0.15, 0.2) is 0 Å². The molecular formula is C11H20N2O2. The van der Waals surface area contributed by atoms with Crippen molar-refractivity contribution in [3.05, 3.63) is 0 Å². The van der Waals surface area contributed by atoms with E-state index in [1.165, 1.54) is 0 Å². The highest BCUT2D eigenvalue weighted by atomic mass is 16.5. The van der Waals surface area contributed by atoms with Gasteiger partial charge in [-0.3, -0.25) is 4.79 Å². The van der Waals surface area contributed by atoms with Crippen LogP contribution in [0.5, 0.6) is 0 Å². The highest BCUT2D eigenvalue weighted by Gasteiger charge is 2.27. The third-order valence-corrected chi connectivity index (χ3v) is 3.27. The minimum absolute atomic E-state index is 0.0221. The second kappa shape index (κ2) is 4.94. The molecule has 4 heteroatoms. The lowest BCUT2D eigenvalue weighted by Crippen LogP contribution is -2.48. The zero-order valence-corrected chi connectivity index (χ0v) is 9.29. The summed E-state index contributed by atoms with van der Waals surface area (Å²) in [6.45, 7) is 3.84. The molecule has 0 bridgehead atoms. The molecule has 2 rings (SSSR count). The summed E-state index contributed by atoms with van der Waals surface area (Å²) >= 11 is 0. The Labute approximate surface area is 90.8 Å². The minimum Gasteiger partial charge on any atom is -0.376 e. The van der Waals surface area contributed by atoms with E-state index in [1.807, 2.05) is 6.92 Å². The van der Waals surface area contributed by atoms with Gasteiger partial charge in [0.05, 0.1) is 18.2 Å². The lowest BCUT2D eigenvalue weighted by molar-refractivity contribution is -0.124. The summed E-state index contributed by atoms with van der Waals surface area (Å²) in [7, 11) is 0. The van der Waals surface area contributed by atoms with E-state index in [4.69, 9.17) is 4.74 Å². The second-order valence-corrected chi connectivity index (χ2v) is 4.50. The number of rotatable bonds is 3. The molecule has 0 saturated carbocycles. The van der Waals surface area contributed by atoms with E-state index in [2.05, 4.69) is 10.6 Å². The molecule has 15 heavy (non-hydrogen) atoms. The molecular weight excluding hydrogens is 192 g/mol. The van der Waals surface area contributed by atoms with Crippen LogP contribution in [-0.2, 0) is 9.53 Å². The van der Waals surface area contributed by atoms with E-state index in [0.717, 1.165) is 38.8 Å². The molecule has 2 aliphatic heterocycles. The van der Waals surface area contributed by atoms with Crippen LogP contribution in [0.3, 0.4) is 0 Å². The summed E-state index contributed by atoms with van der Waals surface area (Å²) < 4.78 is 5.54. The topological polar surface area (TPSA) is 50.4 Å².